The zero-order chi connectivity index (χ0) is 14.1. The van der Waals surface area contributed by atoms with Crippen LogP contribution < -0.4 is 5.73 Å². The highest BCUT2D eigenvalue weighted by Crippen LogP contribution is 2.21. The summed E-state index contributed by atoms with van der Waals surface area (Å²) in [4.78, 5) is 0. The van der Waals surface area contributed by atoms with E-state index in [9.17, 15) is 0 Å². The predicted octanol–water partition coefficient (Wildman–Crippen LogP) is 4.28. The fourth-order valence-corrected chi connectivity index (χ4v) is 1.75. The van der Waals surface area contributed by atoms with Crippen LogP contribution in [0.1, 0.15) is 33.6 Å². The van der Waals surface area contributed by atoms with Crippen molar-refractivity contribution in [1.29, 1.82) is 5.41 Å². The molecule has 0 amide bonds. The maximum absolute atomic E-state index is 8.28. The van der Waals surface area contributed by atoms with Crippen LogP contribution in [0.15, 0.2) is 59.9 Å². The van der Waals surface area contributed by atoms with Crippen LogP contribution in [0.5, 0.6) is 0 Å². The molecule has 0 aliphatic rings. The van der Waals surface area contributed by atoms with Crippen molar-refractivity contribution in [3.8, 4) is 0 Å². The van der Waals surface area contributed by atoms with Gasteiger partial charge in [-0.1, -0.05) is 50.8 Å². The predicted molar refractivity (Wildman–Crippen MR) is 81.8 cm³/mol. The molecule has 0 atom stereocenters. The molecule has 0 saturated heterocycles. The Morgan fingerprint density at radius 2 is 2.00 bits per heavy atom. The summed E-state index contributed by atoms with van der Waals surface area (Å²) in [6.07, 6.45) is 9.11. The number of nitrogens with one attached hydrogen (secondary N) is 1. The van der Waals surface area contributed by atoms with Crippen molar-refractivity contribution in [3.05, 3.63) is 59.9 Å². The van der Waals surface area contributed by atoms with Gasteiger partial charge in [0.05, 0.1) is 5.71 Å². The number of nitrogens with two attached hydrogens (primary N) is 1. The van der Waals surface area contributed by atoms with E-state index < -0.39 is 0 Å². The second kappa shape index (κ2) is 8.29. The molecule has 0 heterocycles. The first-order chi connectivity index (χ1) is 8.49. The van der Waals surface area contributed by atoms with Gasteiger partial charge in [0.15, 0.2) is 0 Å². The van der Waals surface area contributed by atoms with Crippen molar-refractivity contribution in [2.75, 3.05) is 0 Å². The zero-order valence-electron chi connectivity index (χ0n) is 11.7. The van der Waals surface area contributed by atoms with Crippen molar-refractivity contribution in [3.63, 3.8) is 0 Å². The van der Waals surface area contributed by atoms with E-state index in [2.05, 4.69) is 20.1 Å². The van der Waals surface area contributed by atoms with Crippen LogP contribution in [0, 0.1) is 5.41 Å². The maximum Gasteiger partial charge on any atom is 0.0704 e. The molecule has 2 nitrogen and oxygen atoms in total. The number of hydrogen-bond donors (Lipinski definition) is 2. The first-order valence-electron chi connectivity index (χ1n) is 6.18. The third-order valence-corrected chi connectivity index (χ3v) is 2.48. The normalized spacial score (nSPS) is 13.4. The quantitative estimate of drug-likeness (QED) is 0.509. The van der Waals surface area contributed by atoms with E-state index in [1.807, 2.05) is 32.1 Å². The minimum absolute atomic E-state index is 0.409. The van der Waals surface area contributed by atoms with Gasteiger partial charge in [-0.05, 0) is 31.4 Å². The summed E-state index contributed by atoms with van der Waals surface area (Å²) < 4.78 is 0. The lowest BCUT2D eigenvalue weighted by atomic mass is 9.92. The molecular formula is C16H24N2. The molecule has 0 bridgehead atoms. The van der Waals surface area contributed by atoms with Gasteiger partial charge in [0, 0.05) is 11.3 Å². The SMILES string of the molecule is C=C/C=C(\C=C/C)C(=N)/C(C(=C)CCC)=C(/C)N. The lowest BCUT2D eigenvalue weighted by Crippen LogP contribution is -2.12. The van der Waals surface area contributed by atoms with Gasteiger partial charge < -0.3 is 5.73 Å². The zero-order valence-corrected chi connectivity index (χ0v) is 11.7. The molecule has 2 heteroatoms. The molecule has 0 radical (unpaired) electrons. The van der Waals surface area contributed by atoms with E-state index >= 15 is 0 Å². The highest BCUT2D eigenvalue weighted by Gasteiger charge is 2.13. The van der Waals surface area contributed by atoms with Crippen molar-refractivity contribution in [2.24, 2.45) is 5.73 Å². The van der Waals surface area contributed by atoms with Crippen molar-refractivity contribution >= 4 is 5.71 Å². The van der Waals surface area contributed by atoms with Crippen LogP contribution in [-0.2, 0) is 0 Å². The van der Waals surface area contributed by atoms with Crippen LogP contribution in [0.4, 0.5) is 0 Å². The van der Waals surface area contributed by atoms with Crippen molar-refractivity contribution in [1.82, 2.24) is 0 Å². The molecule has 0 saturated carbocycles. The number of allylic oxidation sites excluding steroid dienone is 8. The first kappa shape index (κ1) is 16.2. The monoisotopic (exact) mass is 244 g/mol. The van der Waals surface area contributed by atoms with Gasteiger partial charge in [-0.25, -0.2) is 0 Å². The van der Waals surface area contributed by atoms with Crippen LogP contribution in [0.2, 0.25) is 0 Å². The number of hydrogen-bond acceptors (Lipinski definition) is 2. The van der Waals surface area contributed by atoms with E-state index in [0.29, 0.717) is 11.4 Å². The molecule has 0 aromatic heterocycles. The molecule has 0 spiro atoms. The van der Waals surface area contributed by atoms with Gasteiger partial charge in [0.2, 0.25) is 0 Å². The Bertz CT molecular complexity index is 416. The molecule has 0 unspecified atom stereocenters. The van der Waals surface area contributed by atoms with Crippen LogP contribution in [0.3, 0.4) is 0 Å². The Hall–Kier alpha value is -1.83. The Morgan fingerprint density at radius 1 is 1.39 bits per heavy atom. The second-order valence-electron chi connectivity index (χ2n) is 4.14. The smallest absolute Gasteiger partial charge is 0.0704 e. The minimum atomic E-state index is 0.409. The Balaban J connectivity index is 5.48. The maximum atomic E-state index is 8.28. The average Bonchev–Trinajstić information content (AvgIpc) is 2.28. The third kappa shape index (κ3) is 4.58. The highest BCUT2D eigenvalue weighted by molar-refractivity contribution is 6.15. The second-order valence-corrected chi connectivity index (χ2v) is 4.14. The van der Waals surface area contributed by atoms with Gasteiger partial charge in [0.25, 0.3) is 0 Å². The van der Waals surface area contributed by atoms with Gasteiger partial charge in [-0.2, -0.15) is 0 Å². The summed E-state index contributed by atoms with van der Waals surface area (Å²) >= 11 is 0. The lowest BCUT2D eigenvalue weighted by molar-refractivity contribution is 0.919. The average molecular weight is 244 g/mol. The third-order valence-electron chi connectivity index (χ3n) is 2.48. The molecule has 0 aromatic carbocycles. The van der Waals surface area contributed by atoms with E-state index in [-0.39, 0.29) is 0 Å². The van der Waals surface area contributed by atoms with Crippen molar-refractivity contribution < 1.29 is 0 Å². The minimum Gasteiger partial charge on any atom is -0.402 e. The lowest BCUT2D eigenvalue weighted by Gasteiger charge is -2.14. The van der Waals surface area contributed by atoms with Gasteiger partial charge in [0.1, 0.15) is 0 Å². The van der Waals surface area contributed by atoms with Gasteiger partial charge >= 0.3 is 0 Å². The Morgan fingerprint density at radius 3 is 2.39 bits per heavy atom. The van der Waals surface area contributed by atoms with E-state index in [0.717, 1.165) is 29.6 Å². The standard InChI is InChI=1S/C16H24N2/c1-6-9-12(4)15(13(5)17)16(18)14(10-7-2)11-8-3/h7-8,10-11,18H,2,4,6,9,17H2,1,3,5H3/b11-8-,14-10+,15-13-,18-16?. The van der Waals surface area contributed by atoms with Gasteiger partial charge in [-0.3, -0.25) is 5.41 Å². The fraction of sp³-hybridized carbons (Fsp3) is 0.312. The Labute approximate surface area is 111 Å². The highest BCUT2D eigenvalue weighted by atomic mass is 14.6. The Kier molecular flexibility index (Phi) is 7.45. The van der Waals surface area contributed by atoms with Crippen LogP contribution >= 0.6 is 0 Å². The molecule has 18 heavy (non-hydrogen) atoms. The largest absolute Gasteiger partial charge is 0.402 e. The molecular weight excluding hydrogens is 220 g/mol. The fourth-order valence-electron chi connectivity index (χ4n) is 1.75. The molecule has 98 valence electrons. The topological polar surface area (TPSA) is 49.9 Å². The molecule has 3 N–H and O–H groups in total. The number of rotatable bonds is 7. The summed E-state index contributed by atoms with van der Waals surface area (Å²) in [5.74, 6) is 0. The summed E-state index contributed by atoms with van der Waals surface area (Å²) in [6.45, 7) is 13.5. The van der Waals surface area contributed by atoms with E-state index in [4.69, 9.17) is 11.1 Å². The van der Waals surface area contributed by atoms with Gasteiger partial charge in [-0.15, -0.1) is 0 Å². The van der Waals surface area contributed by atoms with Crippen LogP contribution in [-0.4, -0.2) is 5.71 Å². The summed E-state index contributed by atoms with van der Waals surface area (Å²) in [6, 6.07) is 0. The summed E-state index contributed by atoms with van der Waals surface area (Å²) in [5.41, 5.74) is 9.41. The summed E-state index contributed by atoms with van der Waals surface area (Å²) in [7, 11) is 0. The molecule has 0 rings (SSSR count). The molecule has 0 fully saturated rings. The summed E-state index contributed by atoms with van der Waals surface area (Å²) in [5, 5.41) is 8.28. The van der Waals surface area contributed by atoms with E-state index in [1.54, 1.807) is 6.08 Å². The molecule has 0 aromatic rings. The molecule has 0 aliphatic heterocycles. The van der Waals surface area contributed by atoms with Crippen LogP contribution in [0.25, 0.3) is 0 Å². The van der Waals surface area contributed by atoms with E-state index in [1.165, 1.54) is 0 Å². The molecule has 0 aliphatic carbocycles. The van der Waals surface area contributed by atoms with Crippen molar-refractivity contribution in [2.45, 2.75) is 33.6 Å². The first-order valence-corrected chi connectivity index (χ1v) is 6.18.